The van der Waals surface area contributed by atoms with Crippen LogP contribution in [0.1, 0.15) is 0 Å². The first-order valence-corrected chi connectivity index (χ1v) is 1.52. The summed E-state index contributed by atoms with van der Waals surface area (Å²) < 4.78 is 4.22. The first-order valence-electron chi connectivity index (χ1n) is 1.52. The number of nitrogens with one attached hydrogen (secondary N) is 1. The van der Waals surface area contributed by atoms with Crippen molar-refractivity contribution in [1.82, 2.24) is 4.98 Å². The molecule has 0 amide bonds. The van der Waals surface area contributed by atoms with Crippen molar-refractivity contribution in [3.63, 3.8) is 0 Å². The van der Waals surface area contributed by atoms with Gasteiger partial charge in [-0.05, 0) is 0 Å². The Morgan fingerprint density at radius 2 is 2.43 bits per heavy atom. The number of H-pyrrole nitrogens is 1. The fourth-order valence-electron chi connectivity index (χ4n) is 0.232. The Labute approximate surface area is 51.0 Å². The molecule has 0 radical (unpaired) electrons. The molecule has 3 nitrogen and oxygen atoms in total. The second-order valence-electron chi connectivity index (χ2n) is 0.852. The summed E-state index contributed by atoms with van der Waals surface area (Å²) in [5.74, 6) is -0.407. The zero-order valence-corrected chi connectivity index (χ0v) is 6.65. The summed E-state index contributed by atoms with van der Waals surface area (Å²) in [7, 11) is 0. The molecule has 0 aliphatic carbocycles. The molecule has 0 aromatic carbocycles. The van der Waals surface area contributed by atoms with Crippen molar-refractivity contribution >= 4 is 18.0 Å². The second kappa shape index (κ2) is 2.69. The normalized spacial score (nSPS) is 7.43. The third kappa shape index (κ3) is 1.64. The molecular formula is C3H6AsNO2. The molecule has 7 heavy (non-hydrogen) atoms. The summed E-state index contributed by atoms with van der Waals surface area (Å²) in [6.45, 7) is 0. The number of aromatic amines is 1. The van der Waals surface area contributed by atoms with Crippen LogP contribution in [-0.2, 0) is 0 Å². The fraction of sp³-hybridized carbons (Fsp3) is 0. The molecule has 1 rings (SSSR count). The van der Waals surface area contributed by atoms with Crippen LogP contribution in [0, 0.1) is 0 Å². The Balaban J connectivity index is 0.000000360. The quantitative estimate of drug-likeness (QED) is 0.487. The van der Waals surface area contributed by atoms with Crippen LogP contribution >= 0.6 is 0 Å². The average Bonchev–Trinajstić information content (AvgIpc) is 1.86. The Bertz CT molecular complexity index is 151. The van der Waals surface area contributed by atoms with Gasteiger partial charge in [0.25, 0.3) is 0 Å². The molecular weight excluding hydrogens is 157 g/mol. The van der Waals surface area contributed by atoms with E-state index >= 15 is 0 Å². The summed E-state index contributed by atoms with van der Waals surface area (Å²) in [4.78, 5) is 12.1. The molecule has 0 aliphatic heterocycles. The van der Waals surface area contributed by atoms with Gasteiger partial charge in [-0.15, -0.1) is 0 Å². The SMILES string of the molecule is O=c1[nH]cco1.[AsH3]. The minimum absolute atomic E-state index is 0. The summed E-state index contributed by atoms with van der Waals surface area (Å²) in [5.41, 5.74) is 0. The standard InChI is InChI=1S/C3H3NO2.AsH3/c5-3-4-1-2-6-3;/h1-2H,(H,4,5);1H3. The van der Waals surface area contributed by atoms with Crippen molar-refractivity contribution < 1.29 is 4.42 Å². The van der Waals surface area contributed by atoms with Gasteiger partial charge in [0.1, 0.15) is 6.26 Å². The molecule has 0 saturated carbocycles. The van der Waals surface area contributed by atoms with Gasteiger partial charge < -0.3 is 4.42 Å². The number of aromatic nitrogens is 1. The summed E-state index contributed by atoms with van der Waals surface area (Å²) in [6, 6.07) is 0. The van der Waals surface area contributed by atoms with Gasteiger partial charge in [-0.25, -0.2) is 4.79 Å². The minimum atomic E-state index is -0.407. The number of hydrogen-bond acceptors (Lipinski definition) is 2. The number of rotatable bonds is 0. The fourth-order valence-corrected chi connectivity index (χ4v) is 0.232. The average molecular weight is 163 g/mol. The number of hydrogen-bond donors (Lipinski definition) is 1. The van der Waals surface area contributed by atoms with Crippen molar-refractivity contribution in [2.24, 2.45) is 0 Å². The monoisotopic (exact) mass is 163 g/mol. The van der Waals surface area contributed by atoms with Crippen molar-refractivity contribution in [3.8, 4) is 0 Å². The van der Waals surface area contributed by atoms with Crippen LogP contribution in [0.25, 0.3) is 0 Å². The van der Waals surface area contributed by atoms with Crippen molar-refractivity contribution in [3.05, 3.63) is 23.0 Å². The van der Waals surface area contributed by atoms with Gasteiger partial charge in [-0.1, -0.05) is 0 Å². The molecule has 0 fully saturated rings. The van der Waals surface area contributed by atoms with Crippen LogP contribution in [-0.4, -0.2) is 22.9 Å². The van der Waals surface area contributed by atoms with E-state index in [2.05, 4.69) is 9.40 Å². The van der Waals surface area contributed by atoms with Crippen molar-refractivity contribution in [2.45, 2.75) is 0 Å². The molecule has 40 valence electrons. The Morgan fingerprint density at radius 3 is 2.57 bits per heavy atom. The Kier molecular flexibility index (Phi) is 2.53. The number of oxazole rings is 1. The first kappa shape index (κ1) is 6.57. The van der Waals surface area contributed by atoms with E-state index in [0.717, 1.165) is 0 Å². The predicted octanol–water partition coefficient (Wildman–Crippen LogP) is -1.22. The topological polar surface area (TPSA) is 46.0 Å². The summed E-state index contributed by atoms with van der Waals surface area (Å²) >= 11 is 0. The van der Waals surface area contributed by atoms with Gasteiger partial charge in [-0.3, -0.25) is 4.98 Å². The summed E-state index contributed by atoms with van der Waals surface area (Å²) in [5, 5.41) is 0. The van der Waals surface area contributed by atoms with E-state index in [1.807, 2.05) is 0 Å². The molecule has 1 aromatic heterocycles. The molecule has 0 saturated heterocycles. The van der Waals surface area contributed by atoms with Gasteiger partial charge in [-0.2, -0.15) is 0 Å². The van der Waals surface area contributed by atoms with Gasteiger partial charge in [0.15, 0.2) is 0 Å². The first-order chi connectivity index (χ1) is 2.89. The van der Waals surface area contributed by atoms with Crippen LogP contribution in [0.2, 0.25) is 0 Å². The third-order valence-electron chi connectivity index (χ3n) is 0.444. The zero-order chi connectivity index (χ0) is 4.41. The van der Waals surface area contributed by atoms with Crippen molar-refractivity contribution in [2.75, 3.05) is 0 Å². The zero-order valence-electron chi connectivity index (χ0n) is 3.68. The molecule has 1 unspecified atom stereocenters. The van der Waals surface area contributed by atoms with E-state index in [9.17, 15) is 4.79 Å². The van der Waals surface area contributed by atoms with Gasteiger partial charge in [0.2, 0.25) is 0 Å². The molecule has 1 aromatic rings. The molecule has 0 spiro atoms. The maximum absolute atomic E-state index is 9.85. The van der Waals surface area contributed by atoms with E-state index < -0.39 is 5.76 Å². The van der Waals surface area contributed by atoms with E-state index in [1.54, 1.807) is 0 Å². The van der Waals surface area contributed by atoms with Gasteiger partial charge >= 0.3 is 23.7 Å². The molecule has 4 heteroatoms. The van der Waals surface area contributed by atoms with Gasteiger partial charge in [0.05, 0.1) is 0 Å². The third-order valence-corrected chi connectivity index (χ3v) is 0.444. The Morgan fingerprint density at radius 1 is 1.71 bits per heavy atom. The van der Waals surface area contributed by atoms with Gasteiger partial charge in [0, 0.05) is 6.20 Å². The van der Waals surface area contributed by atoms with Crippen LogP contribution in [0.3, 0.4) is 0 Å². The Hall–Kier alpha value is -0.432. The molecule has 1 atom stereocenters. The maximum atomic E-state index is 9.85. The predicted molar refractivity (Wildman–Crippen MR) is 29.3 cm³/mol. The van der Waals surface area contributed by atoms with E-state index in [-0.39, 0.29) is 18.0 Å². The molecule has 1 heterocycles. The molecule has 0 bridgehead atoms. The van der Waals surface area contributed by atoms with Crippen LogP contribution in [0.5, 0.6) is 0 Å². The second-order valence-corrected chi connectivity index (χ2v) is 0.852. The van der Waals surface area contributed by atoms with Crippen LogP contribution in [0.15, 0.2) is 21.7 Å². The van der Waals surface area contributed by atoms with E-state index in [1.165, 1.54) is 12.5 Å². The molecule has 1 N–H and O–H groups in total. The van der Waals surface area contributed by atoms with Crippen LogP contribution < -0.4 is 5.76 Å². The van der Waals surface area contributed by atoms with Crippen LogP contribution in [0.4, 0.5) is 0 Å². The molecule has 0 aliphatic rings. The summed E-state index contributed by atoms with van der Waals surface area (Å²) in [6.07, 6.45) is 2.73. The van der Waals surface area contributed by atoms with E-state index in [0.29, 0.717) is 0 Å². The van der Waals surface area contributed by atoms with E-state index in [4.69, 9.17) is 0 Å². The van der Waals surface area contributed by atoms with Crippen molar-refractivity contribution in [1.29, 1.82) is 0 Å².